The van der Waals surface area contributed by atoms with Gasteiger partial charge < -0.3 is 11.1 Å². The Hall–Kier alpha value is -1.65. The molecule has 1 rings (SSSR count). The number of halogens is 1. The zero-order valence-electron chi connectivity index (χ0n) is 6.47. The van der Waals surface area contributed by atoms with Crippen molar-refractivity contribution in [2.45, 2.75) is 0 Å². The van der Waals surface area contributed by atoms with Crippen molar-refractivity contribution in [3.63, 3.8) is 0 Å². The second-order valence-corrected chi connectivity index (χ2v) is 2.17. The Morgan fingerprint density at radius 2 is 2.42 bits per heavy atom. The molecule has 0 saturated carbocycles. The molecule has 0 saturated heterocycles. The summed E-state index contributed by atoms with van der Waals surface area (Å²) in [4.78, 5) is 14.5. The maximum absolute atomic E-state index is 12.5. The van der Waals surface area contributed by atoms with E-state index in [1.165, 1.54) is 7.05 Å². The highest BCUT2D eigenvalue weighted by atomic mass is 19.1. The van der Waals surface area contributed by atoms with Gasteiger partial charge in [-0.25, -0.2) is 9.37 Å². The van der Waals surface area contributed by atoms with Gasteiger partial charge in [0.2, 0.25) is 0 Å². The van der Waals surface area contributed by atoms with Crippen molar-refractivity contribution in [3.8, 4) is 0 Å². The summed E-state index contributed by atoms with van der Waals surface area (Å²) in [6, 6.07) is 1.04. The molecule has 0 spiro atoms. The van der Waals surface area contributed by atoms with Crippen LogP contribution in [0.5, 0.6) is 0 Å². The molecule has 0 atom stereocenters. The van der Waals surface area contributed by atoms with Gasteiger partial charge in [-0.3, -0.25) is 4.79 Å². The van der Waals surface area contributed by atoms with Crippen LogP contribution in [0.25, 0.3) is 0 Å². The van der Waals surface area contributed by atoms with Gasteiger partial charge in [-0.1, -0.05) is 0 Å². The lowest BCUT2D eigenvalue weighted by atomic mass is 10.2. The van der Waals surface area contributed by atoms with E-state index in [9.17, 15) is 9.18 Å². The van der Waals surface area contributed by atoms with Gasteiger partial charge in [0.1, 0.15) is 11.6 Å². The predicted molar refractivity (Wildman–Crippen MR) is 42.0 cm³/mol. The van der Waals surface area contributed by atoms with E-state index in [0.717, 1.165) is 12.3 Å². The van der Waals surface area contributed by atoms with Crippen LogP contribution >= 0.6 is 0 Å². The smallest absolute Gasteiger partial charge is 0.254 e. The number of carbonyl (C=O) groups excluding carboxylic acids is 1. The van der Waals surface area contributed by atoms with E-state index in [2.05, 4.69) is 10.3 Å². The molecule has 0 fully saturated rings. The molecule has 12 heavy (non-hydrogen) atoms. The molecule has 0 bridgehead atoms. The number of nitrogens with two attached hydrogens (primary N) is 1. The molecule has 0 aliphatic rings. The molecule has 0 aromatic carbocycles. The minimum atomic E-state index is -0.581. The third-order valence-electron chi connectivity index (χ3n) is 1.36. The Morgan fingerprint density at radius 3 is 3.00 bits per heavy atom. The van der Waals surface area contributed by atoms with Crippen LogP contribution in [0.1, 0.15) is 10.4 Å². The monoisotopic (exact) mass is 169 g/mol. The molecule has 1 aromatic rings. The first-order chi connectivity index (χ1) is 5.65. The molecule has 0 aliphatic carbocycles. The molecule has 4 nitrogen and oxygen atoms in total. The number of amides is 1. The highest BCUT2D eigenvalue weighted by molar-refractivity contribution is 5.98. The lowest BCUT2D eigenvalue weighted by Gasteiger charge is -2.01. The van der Waals surface area contributed by atoms with Crippen LogP contribution in [0.3, 0.4) is 0 Å². The van der Waals surface area contributed by atoms with Gasteiger partial charge in [0.25, 0.3) is 5.91 Å². The Bertz CT molecular complexity index is 314. The van der Waals surface area contributed by atoms with E-state index >= 15 is 0 Å². The summed E-state index contributed by atoms with van der Waals surface area (Å²) >= 11 is 0. The minimum absolute atomic E-state index is 0.0238. The molecule has 3 N–H and O–H groups in total. The van der Waals surface area contributed by atoms with Crippen LogP contribution in [0.2, 0.25) is 0 Å². The van der Waals surface area contributed by atoms with Crippen LogP contribution in [-0.2, 0) is 0 Å². The van der Waals surface area contributed by atoms with Crippen LogP contribution in [0.15, 0.2) is 12.3 Å². The molecule has 5 heteroatoms. The number of nitrogens with one attached hydrogen (secondary N) is 1. The number of anilines is 1. The minimum Gasteiger partial charge on any atom is -0.383 e. The number of pyridine rings is 1. The molecule has 1 heterocycles. The van der Waals surface area contributed by atoms with E-state index in [1.807, 2.05) is 0 Å². The summed E-state index contributed by atoms with van der Waals surface area (Å²) in [6.45, 7) is 0. The van der Waals surface area contributed by atoms with Gasteiger partial charge in [0, 0.05) is 7.05 Å². The Kier molecular flexibility index (Phi) is 2.23. The zero-order chi connectivity index (χ0) is 9.14. The largest absolute Gasteiger partial charge is 0.383 e. The van der Waals surface area contributed by atoms with Crippen molar-refractivity contribution in [2.24, 2.45) is 0 Å². The van der Waals surface area contributed by atoms with Crippen molar-refractivity contribution in [1.82, 2.24) is 10.3 Å². The maximum atomic E-state index is 12.5. The topological polar surface area (TPSA) is 68.0 Å². The van der Waals surface area contributed by atoms with E-state index in [1.54, 1.807) is 0 Å². The van der Waals surface area contributed by atoms with Gasteiger partial charge in [0.05, 0.1) is 11.8 Å². The molecular weight excluding hydrogens is 161 g/mol. The highest BCUT2D eigenvalue weighted by Gasteiger charge is 2.09. The Morgan fingerprint density at radius 1 is 1.75 bits per heavy atom. The highest BCUT2D eigenvalue weighted by Crippen LogP contribution is 2.08. The zero-order valence-corrected chi connectivity index (χ0v) is 6.47. The van der Waals surface area contributed by atoms with E-state index in [0.29, 0.717) is 0 Å². The second kappa shape index (κ2) is 3.17. The van der Waals surface area contributed by atoms with E-state index < -0.39 is 11.7 Å². The number of rotatable bonds is 1. The lowest BCUT2D eigenvalue weighted by Crippen LogP contribution is -2.20. The lowest BCUT2D eigenvalue weighted by molar-refractivity contribution is 0.0963. The fraction of sp³-hybridized carbons (Fsp3) is 0.143. The fourth-order valence-corrected chi connectivity index (χ4v) is 0.766. The molecular formula is C7H8FN3O. The van der Waals surface area contributed by atoms with Crippen molar-refractivity contribution >= 4 is 11.7 Å². The van der Waals surface area contributed by atoms with Crippen LogP contribution < -0.4 is 11.1 Å². The van der Waals surface area contributed by atoms with Crippen LogP contribution in [0.4, 0.5) is 10.2 Å². The fourth-order valence-electron chi connectivity index (χ4n) is 0.766. The number of nitrogens with zero attached hydrogens (tertiary/aromatic N) is 1. The summed E-state index contributed by atoms with van der Waals surface area (Å²) in [6.07, 6.45) is 0.960. The third kappa shape index (κ3) is 1.50. The van der Waals surface area contributed by atoms with Gasteiger partial charge in [0.15, 0.2) is 0 Å². The first-order valence-corrected chi connectivity index (χ1v) is 3.28. The third-order valence-corrected chi connectivity index (χ3v) is 1.36. The average molecular weight is 169 g/mol. The number of hydrogen-bond donors (Lipinski definition) is 2. The van der Waals surface area contributed by atoms with Gasteiger partial charge in [-0.2, -0.15) is 0 Å². The molecule has 1 amide bonds. The molecule has 64 valence electrons. The predicted octanol–water partition coefficient (Wildman–Crippen LogP) is 0.162. The van der Waals surface area contributed by atoms with Crippen molar-refractivity contribution in [2.75, 3.05) is 12.8 Å². The van der Waals surface area contributed by atoms with Gasteiger partial charge in [-0.05, 0) is 6.07 Å². The number of hydrogen-bond acceptors (Lipinski definition) is 3. The quantitative estimate of drug-likeness (QED) is 0.629. The Balaban J connectivity index is 3.13. The van der Waals surface area contributed by atoms with Crippen LogP contribution in [0, 0.1) is 5.82 Å². The molecule has 0 radical (unpaired) electrons. The van der Waals surface area contributed by atoms with Crippen LogP contribution in [-0.4, -0.2) is 17.9 Å². The van der Waals surface area contributed by atoms with E-state index in [-0.39, 0.29) is 11.4 Å². The summed E-state index contributed by atoms with van der Waals surface area (Å²) in [5.74, 6) is -1.00. The Labute approximate surface area is 68.6 Å². The SMILES string of the molecule is CNC(=O)c1cc(F)cnc1N. The summed E-state index contributed by atoms with van der Waals surface area (Å²) in [5.41, 5.74) is 5.38. The summed E-state index contributed by atoms with van der Waals surface area (Å²) < 4.78 is 12.5. The molecule has 0 unspecified atom stereocenters. The first-order valence-electron chi connectivity index (χ1n) is 3.28. The van der Waals surface area contributed by atoms with Crippen molar-refractivity contribution in [1.29, 1.82) is 0 Å². The summed E-state index contributed by atoms with van der Waals surface area (Å²) in [7, 11) is 1.44. The summed E-state index contributed by atoms with van der Waals surface area (Å²) in [5, 5.41) is 2.32. The van der Waals surface area contributed by atoms with E-state index in [4.69, 9.17) is 5.73 Å². The number of nitrogen functional groups attached to an aromatic ring is 1. The maximum Gasteiger partial charge on any atom is 0.254 e. The van der Waals surface area contributed by atoms with Gasteiger partial charge >= 0.3 is 0 Å². The van der Waals surface area contributed by atoms with Crippen molar-refractivity contribution in [3.05, 3.63) is 23.6 Å². The average Bonchev–Trinajstić information content (AvgIpc) is 2.08. The molecule has 0 aliphatic heterocycles. The normalized spacial score (nSPS) is 9.50. The number of aromatic nitrogens is 1. The van der Waals surface area contributed by atoms with Crippen molar-refractivity contribution < 1.29 is 9.18 Å². The standard InChI is InChI=1S/C7H8FN3O/c1-10-7(12)5-2-4(8)3-11-6(5)9/h2-3H,1H3,(H2,9,11)(H,10,12). The second-order valence-electron chi connectivity index (χ2n) is 2.17. The first kappa shape index (κ1) is 8.45. The van der Waals surface area contributed by atoms with Gasteiger partial charge in [-0.15, -0.1) is 0 Å². The molecule has 1 aromatic heterocycles. The number of carbonyl (C=O) groups is 1.